The summed E-state index contributed by atoms with van der Waals surface area (Å²) in [5, 5.41) is 0. The molecule has 0 amide bonds. The SMILES string of the molecule is COc1nc(CC(Br)c2ccccc2)nc(OC)n1. The second kappa shape index (κ2) is 6.47. The maximum Gasteiger partial charge on any atom is 0.322 e. The third-order valence-corrected chi connectivity index (χ3v) is 3.38. The predicted molar refractivity (Wildman–Crippen MR) is 74.7 cm³/mol. The summed E-state index contributed by atoms with van der Waals surface area (Å²) in [5.74, 6) is 0.620. The van der Waals surface area contributed by atoms with E-state index in [-0.39, 0.29) is 16.8 Å². The topological polar surface area (TPSA) is 57.1 Å². The Morgan fingerprint density at radius 3 is 2.11 bits per heavy atom. The van der Waals surface area contributed by atoms with Crippen molar-refractivity contribution in [3.63, 3.8) is 0 Å². The lowest BCUT2D eigenvalue weighted by molar-refractivity contribution is 0.336. The number of methoxy groups -OCH3 is 2. The minimum atomic E-state index is 0.130. The molecule has 0 radical (unpaired) electrons. The number of benzene rings is 1. The fourth-order valence-corrected chi connectivity index (χ4v) is 2.19. The fraction of sp³-hybridized carbons (Fsp3) is 0.308. The zero-order valence-corrected chi connectivity index (χ0v) is 12.3. The van der Waals surface area contributed by atoms with Crippen molar-refractivity contribution in [2.45, 2.75) is 11.2 Å². The predicted octanol–water partition coefficient (Wildman–Crippen LogP) is 2.57. The smallest absolute Gasteiger partial charge is 0.322 e. The van der Waals surface area contributed by atoms with Gasteiger partial charge in [0.2, 0.25) is 0 Å². The Morgan fingerprint density at radius 2 is 1.58 bits per heavy atom. The Labute approximate surface area is 120 Å². The molecule has 6 heteroatoms. The Hall–Kier alpha value is -1.69. The number of halogens is 1. The lowest BCUT2D eigenvalue weighted by Gasteiger charge is -2.10. The molecule has 0 aliphatic heterocycles. The van der Waals surface area contributed by atoms with Crippen molar-refractivity contribution in [1.82, 2.24) is 15.0 Å². The molecule has 1 heterocycles. The first-order valence-corrected chi connectivity index (χ1v) is 6.66. The van der Waals surface area contributed by atoms with E-state index in [1.165, 1.54) is 19.8 Å². The molecule has 0 bridgehead atoms. The highest BCUT2D eigenvalue weighted by molar-refractivity contribution is 9.09. The van der Waals surface area contributed by atoms with Crippen molar-refractivity contribution >= 4 is 15.9 Å². The maximum absolute atomic E-state index is 5.03. The van der Waals surface area contributed by atoms with E-state index in [9.17, 15) is 0 Å². The molecule has 2 aromatic rings. The van der Waals surface area contributed by atoms with Gasteiger partial charge in [0.15, 0.2) is 0 Å². The largest absolute Gasteiger partial charge is 0.467 e. The van der Waals surface area contributed by atoms with E-state index < -0.39 is 0 Å². The molecule has 1 aromatic carbocycles. The summed E-state index contributed by atoms with van der Waals surface area (Å²) in [6.45, 7) is 0. The van der Waals surface area contributed by atoms with Gasteiger partial charge in [0, 0.05) is 11.2 Å². The van der Waals surface area contributed by atoms with Gasteiger partial charge in [-0.3, -0.25) is 0 Å². The molecular formula is C13H14BrN3O2. The van der Waals surface area contributed by atoms with Crippen LogP contribution in [0.25, 0.3) is 0 Å². The molecular weight excluding hydrogens is 310 g/mol. The van der Waals surface area contributed by atoms with Gasteiger partial charge in [-0.1, -0.05) is 46.3 Å². The molecule has 0 spiro atoms. The minimum absolute atomic E-state index is 0.130. The van der Waals surface area contributed by atoms with Crippen LogP contribution in [0.3, 0.4) is 0 Å². The number of nitrogens with zero attached hydrogens (tertiary/aromatic N) is 3. The first-order valence-electron chi connectivity index (χ1n) is 5.75. The van der Waals surface area contributed by atoms with Crippen LogP contribution in [-0.2, 0) is 6.42 Å². The lowest BCUT2D eigenvalue weighted by atomic mass is 10.1. The lowest BCUT2D eigenvalue weighted by Crippen LogP contribution is -2.06. The molecule has 100 valence electrons. The van der Waals surface area contributed by atoms with Gasteiger partial charge >= 0.3 is 12.0 Å². The van der Waals surface area contributed by atoms with Gasteiger partial charge in [0.05, 0.1) is 14.2 Å². The van der Waals surface area contributed by atoms with Gasteiger partial charge in [0.25, 0.3) is 0 Å². The molecule has 0 fully saturated rings. The monoisotopic (exact) mass is 323 g/mol. The van der Waals surface area contributed by atoms with E-state index in [2.05, 4.69) is 43.0 Å². The quantitative estimate of drug-likeness (QED) is 0.791. The Kier molecular flexibility index (Phi) is 4.68. The standard InChI is InChI=1S/C13H14BrN3O2/c1-18-12-15-11(16-13(17-12)19-2)8-10(14)9-6-4-3-5-7-9/h3-7,10H,8H2,1-2H3. The van der Waals surface area contributed by atoms with Crippen LogP contribution in [0.5, 0.6) is 12.0 Å². The summed E-state index contributed by atoms with van der Waals surface area (Å²) in [7, 11) is 3.03. The first kappa shape index (κ1) is 13.7. The summed E-state index contributed by atoms with van der Waals surface area (Å²) in [6, 6.07) is 10.6. The Morgan fingerprint density at radius 1 is 1.00 bits per heavy atom. The number of alkyl halides is 1. The second-order valence-electron chi connectivity index (χ2n) is 3.81. The van der Waals surface area contributed by atoms with Crippen molar-refractivity contribution in [1.29, 1.82) is 0 Å². The van der Waals surface area contributed by atoms with E-state index in [1.54, 1.807) is 0 Å². The van der Waals surface area contributed by atoms with Crippen LogP contribution in [0.15, 0.2) is 30.3 Å². The van der Waals surface area contributed by atoms with Crippen LogP contribution in [0.1, 0.15) is 16.2 Å². The summed E-state index contributed by atoms with van der Waals surface area (Å²) in [4.78, 5) is 12.5. The highest BCUT2D eigenvalue weighted by atomic mass is 79.9. The molecule has 5 nitrogen and oxygen atoms in total. The second-order valence-corrected chi connectivity index (χ2v) is 4.91. The van der Waals surface area contributed by atoms with Gasteiger partial charge in [-0.05, 0) is 5.56 Å². The van der Waals surface area contributed by atoms with Crippen molar-refractivity contribution < 1.29 is 9.47 Å². The number of hydrogen-bond acceptors (Lipinski definition) is 5. The molecule has 0 N–H and O–H groups in total. The first-order chi connectivity index (χ1) is 9.22. The van der Waals surface area contributed by atoms with Crippen LogP contribution in [0.4, 0.5) is 0 Å². The molecule has 19 heavy (non-hydrogen) atoms. The summed E-state index contributed by atoms with van der Waals surface area (Å²) < 4.78 is 10.1. The highest BCUT2D eigenvalue weighted by Crippen LogP contribution is 2.26. The van der Waals surface area contributed by atoms with Crippen molar-refractivity contribution in [2.24, 2.45) is 0 Å². The molecule has 0 aliphatic carbocycles. The van der Waals surface area contributed by atoms with Gasteiger partial charge < -0.3 is 9.47 Å². The van der Waals surface area contributed by atoms with E-state index >= 15 is 0 Å². The third-order valence-electron chi connectivity index (χ3n) is 2.53. The van der Waals surface area contributed by atoms with Crippen LogP contribution in [0.2, 0.25) is 0 Å². The molecule has 1 aromatic heterocycles. The number of aromatic nitrogens is 3. The average Bonchev–Trinajstić information content (AvgIpc) is 2.47. The normalized spacial score (nSPS) is 11.9. The van der Waals surface area contributed by atoms with Crippen LogP contribution in [-0.4, -0.2) is 29.2 Å². The Balaban J connectivity index is 2.18. The van der Waals surface area contributed by atoms with E-state index in [4.69, 9.17) is 9.47 Å². The third kappa shape index (κ3) is 3.64. The van der Waals surface area contributed by atoms with Crippen molar-refractivity contribution in [2.75, 3.05) is 14.2 Å². The van der Waals surface area contributed by atoms with Gasteiger partial charge in [-0.2, -0.15) is 9.97 Å². The zero-order valence-electron chi connectivity index (χ0n) is 10.7. The van der Waals surface area contributed by atoms with Crippen LogP contribution < -0.4 is 9.47 Å². The average molecular weight is 324 g/mol. The zero-order chi connectivity index (χ0) is 13.7. The summed E-state index contributed by atoms with van der Waals surface area (Å²) >= 11 is 3.63. The van der Waals surface area contributed by atoms with Gasteiger partial charge in [-0.25, -0.2) is 0 Å². The van der Waals surface area contributed by atoms with E-state index in [0.29, 0.717) is 12.2 Å². The van der Waals surface area contributed by atoms with Crippen molar-refractivity contribution in [3.8, 4) is 12.0 Å². The molecule has 0 saturated heterocycles. The summed E-state index contributed by atoms with van der Waals surface area (Å²) in [6.07, 6.45) is 0.624. The fourth-order valence-electron chi connectivity index (χ4n) is 1.59. The number of rotatable bonds is 5. The van der Waals surface area contributed by atoms with Gasteiger partial charge in [0.1, 0.15) is 5.82 Å². The molecule has 0 saturated carbocycles. The highest BCUT2D eigenvalue weighted by Gasteiger charge is 2.13. The van der Waals surface area contributed by atoms with Crippen LogP contribution in [0, 0.1) is 0 Å². The van der Waals surface area contributed by atoms with Crippen LogP contribution >= 0.6 is 15.9 Å². The molecule has 0 aliphatic rings. The van der Waals surface area contributed by atoms with E-state index in [0.717, 1.165) is 0 Å². The maximum atomic E-state index is 5.03. The molecule has 1 atom stereocenters. The minimum Gasteiger partial charge on any atom is -0.467 e. The van der Waals surface area contributed by atoms with E-state index in [1.807, 2.05) is 18.2 Å². The van der Waals surface area contributed by atoms with Crippen molar-refractivity contribution in [3.05, 3.63) is 41.7 Å². The van der Waals surface area contributed by atoms with Gasteiger partial charge in [-0.15, -0.1) is 4.98 Å². The molecule has 1 unspecified atom stereocenters. The number of ether oxygens (including phenoxy) is 2. The number of hydrogen-bond donors (Lipinski definition) is 0. The molecule has 2 rings (SSSR count). The Bertz CT molecular complexity index is 514. The summed E-state index contributed by atoms with van der Waals surface area (Å²) in [5.41, 5.74) is 1.17.